The number of nitrogens with zero attached hydrogens (tertiary/aromatic N) is 4. The third-order valence-corrected chi connectivity index (χ3v) is 4.43. The maximum Gasteiger partial charge on any atom is 0.237 e. The highest BCUT2D eigenvalue weighted by Crippen LogP contribution is 2.22. The molecule has 0 aliphatic carbocycles. The van der Waals surface area contributed by atoms with Gasteiger partial charge in [0.15, 0.2) is 0 Å². The fraction of sp³-hybridized carbons (Fsp3) is 0.643. The Morgan fingerprint density at radius 2 is 2.15 bits per heavy atom. The molecule has 2 aliphatic rings. The van der Waals surface area contributed by atoms with Crippen LogP contribution in [-0.4, -0.2) is 59.5 Å². The highest BCUT2D eigenvalue weighted by Gasteiger charge is 2.33. The van der Waals surface area contributed by atoms with Crippen molar-refractivity contribution < 1.29 is 4.79 Å². The first-order valence-electron chi connectivity index (χ1n) is 7.26. The standard InChI is InChI=1S/C14H21N5O/c1-18(13-3-6-15-10-17-13)11-4-8-19(9-5-11)12-2-7-16-14(12)20/h3,6,10-12H,2,4-5,7-9H2,1H3,(H,16,20). The van der Waals surface area contributed by atoms with E-state index in [1.165, 1.54) is 0 Å². The summed E-state index contributed by atoms with van der Waals surface area (Å²) >= 11 is 0. The van der Waals surface area contributed by atoms with E-state index in [1.807, 2.05) is 6.07 Å². The van der Waals surface area contributed by atoms with Gasteiger partial charge < -0.3 is 10.2 Å². The molecular weight excluding hydrogens is 254 g/mol. The quantitative estimate of drug-likeness (QED) is 0.858. The normalized spacial score (nSPS) is 24.6. The number of carbonyl (C=O) groups excluding carboxylic acids is 1. The number of rotatable bonds is 3. The average molecular weight is 275 g/mol. The van der Waals surface area contributed by atoms with E-state index < -0.39 is 0 Å². The predicted octanol–water partition coefficient (Wildman–Crippen LogP) is 0.266. The second-order valence-electron chi connectivity index (χ2n) is 5.54. The summed E-state index contributed by atoms with van der Waals surface area (Å²) in [6.07, 6.45) is 6.46. The zero-order valence-corrected chi connectivity index (χ0v) is 11.8. The molecule has 3 heterocycles. The molecule has 0 bridgehead atoms. The van der Waals surface area contributed by atoms with Crippen LogP contribution in [0.1, 0.15) is 19.3 Å². The van der Waals surface area contributed by atoms with Gasteiger partial charge in [0, 0.05) is 38.9 Å². The molecule has 2 fully saturated rings. The first kappa shape index (κ1) is 13.3. The van der Waals surface area contributed by atoms with Crippen LogP contribution in [0.3, 0.4) is 0 Å². The highest BCUT2D eigenvalue weighted by atomic mass is 16.2. The lowest BCUT2D eigenvalue weighted by Gasteiger charge is -2.38. The lowest BCUT2D eigenvalue weighted by molar-refractivity contribution is -0.124. The van der Waals surface area contributed by atoms with Crippen LogP contribution in [0.15, 0.2) is 18.6 Å². The molecule has 1 atom stereocenters. The van der Waals surface area contributed by atoms with Crippen LogP contribution in [0.5, 0.6) is 0 Å². The molecule has 108 valence electrons. The van der Waals surface area contributed by atoms with Gasteiger partial charge in [-0.05, 0) is 25.3 Å². The number of carbonyl (C=O) groups is 1. The predicted molar refractivity (Wildman–Crippen MR) is 76.4 cm³/mol. The van der Waals surface area contributed by atoms with E-state index in [2.05, 4.69) is 32.1 Å². The minimum Gasteiger partial charge on any atom is -0.356 e. The average Bonchev–Trinajstić information content (AvgIpc) is 2.94. The molecule has 1 aromatic rings. The lowest BCUT2D eigenvalue weighted by Crippen LogP contribution is -2.49. The Balaban J connectivity index is 1.57. The zero-order valence-electron chi connectivity index (χ0n) is 11.8. The van der Waals surface area contributed by atoms with E-state index in [-0.39, 0.29) is 11.9 Å². The fourth-order valence-electron chi connectivity index (χ4n) is 3.19. The molecule has 3 rings (SSSR count). The molecule has 2 aliphatic heterocycles. The smallest absolute Gasteiger partial charge is 0.237 e. The number of hydrogen-bond acceptors (Lipinski definition) is 5. The number of nitrogens with one attached hydrogen (secondary N) is 1. The second kappa shape index (κ2) is 5.75. The van der Waals surface area contributed by atoms with Gasteiger partial charge >= 0.3 is 0 Å². The van der Waals surface area contributed by atoms with Gasteiger partial charge in [-0.15, -0.1) is 0 Å². The number of anilines is 1. The Labute approximate surface area is 119 Å². The van der Waals surface area contributed by atoms with Crippen molar-refractivity contribution in [3.8, 4) is 0 Å². The van der Waals surface area contributed by atoms with Crippen molar-refractivity contribution in [2.24, 2.45) is 0 Å². The minimum atomic E-state index is 0.0975. The molecule has 6 nitrogen and oxygen atoms in total. The van der Waals surface area contributed by atoms with Crippen LogP contribution in [0, 0.1) is 0 Å². The van der Waals surface area contributed by atoms with Crippen LogP contribution in [0.4, 0.5) is 5.82 Å². The Bertz CT molecular complexity index is 458. The first-order valence-corrected chi connectivity index (χ1v) is 7.26. The molecule has 2 saturated heterocycles. The van der Waals surface area contributed by atoms with Crippen molar-refractivity contribution in [3.63, 3.8) is 0 Å². The molecule has 1 aromatic heterocycles. The Morgan fingerprint density at radius 1 is 1.35 bits per heavy atom. The minimum absolute atomic E-state index is 0.0975. The van der Waals surface area contributed by atoms with E-state index in [0.717, 1.165) is 44.7 Å². The maximum absolute atomic E-state index is 11.7. The third-order valence-electron chi connectivity index (χ3n) is 4.43. The van der Waals surface area contributed by atoms with E-state index in [0.29, 0.717) is 6.04 Å². The van der Waals surface area contributed by atoms with Crippen molar-refractivity contribution in [1.82, 2.24) is 20.2 Å². The van der Waals surface area contributed by atoms with Crippen molar-refractivity contribution in [3.05, 3.63) is 18.6 Å². The van der Waals surface area contributed by atoms with Crippen LogP contribution in [0.2, 0.25) is 0 Å². The van der Waals surface area contributed by atoms with Crippen LogP contribution in [-0.2, 0) is 4.79 Å². The van der Waals surface area contributed by atoms with E-state index in [4.69, 9.17) is 0 Å². The molecule has 20 heavy (non-hydrogen) atoms. The van der Waals surface area contributed by atoms with Crippen molar-refractivity contribution in [2.45, 2.75) is 31.3 Å². The summed E-state index contributed by atoms with van der Waals surface area (Å²) in [4.78, 5) is 24.5. The SMILES string of the molecule is CN(c1ccncn1)C1CCN(C2CCNC2=O)CC1. The molecule has 1 unspecified atom stereocenters. The van der Waals surface area contributed by atoms with Crippen molar-refractivity contribution >= 4 is 11.7 Å². The first-order chi connectivity index (χ1) is 9.75. The number of amides is 1. The monoisotopic (exact) mass is 275 g/mol. The van der Waals surface area contributed by atoms with Gasteiger partial charge in [-0.1, -0.05) is 0 Å². The molecule has 1 N–H and O–H groups in total. The van der Waals surface area contributed by atoms with Crippen molar-refractivity contribution in [2.75, 3.05) is 31.6 Å². The molecule has 0 radical (unpaired) electrons. The molecular formula is C14H21N5O. The Morgan fingerprint density at radius 3 is 2.75 bits per heavy atom. The summed E-state index contributed by atoms with van der Waals surface area (Å²) < 4.78 is 0. The fourth-order valence-corrected chi connectivity index (χ4v) is 3.19. The summed E-state index contributed by atoms with van der Waals surface area (Å²) in [7, 11) is 2.09. The van der Waals surface area contributed by atoms with Gasteiger partial charge in [0.25, 0.3) is 0 Å². The van der Waals surface area contributed by atoms with Crippen molar-refractivity contribution in [1.29, 1.82) is 0 Å². The number of likely N-dealkylation sites (tertiary alicyclic amines) is 1. The van der Waals surface area contributed by atoms with Gasteiger partial charge in [0.05, 0.1) is 6.04 Å². The van der Waals surface area contributed by atoms with Gasteiger partial charge in [-0.3, -0.25) is 9.69 Å². The number of piperidine rings is 1. The summed E-state index contributed by atoms with van der Waals surface area (Å²) in [5, 5.41) is 2.92. The van der Waals surface area contributed by atoms with Gasteiger partial charge in [0.1, 0.15) is 12.1 Å². The van der Waals surface area contributed by atoms with Crippen LogP contribution >= 0.6 is 0 Å². The zero-order chi connectivity index (χ0) is 13.9. The number of hydrogen-bond donors (Lipinski definition) is 1. The molecule has 0 spiro atoms. The molecule has 0 aromatic carbocycles. The van der Waals surface area contributed by atoms with E-state index >= 15 is 0 Å². The van der Waals surface area contributed by atoms with Gasteiger partial charge in [-0.2, -0.15) is 0 Å². The summed E-state index contributed by atoms with van der Waals surface area (Å²) in [6.45, 7) is 2.79. The summed E-state index contributed by atoms with van der Waals surface area (Å²) in [6, 6.07) is 2.53. The molecule has 0 saturated carbocycles. The molecule has 1 amide bonds. The Hall–Kier alpha value is -1.69. The van der Waals surface area contributed by atoms with Gasteiger partial charge in [-0.25, -0.2) is 9.97 Å². The molecule has 6 heteroatoms. The second-order valence-corrected chi connectivity index (χ2v) is 5.54. The highest BCUT2D eigenvalue weighted by molar-refractivity contribution is 5.83. The Kier molecular flexibility index (Phi) is 3.82. The maximum atomic E-state index is 11.7. The van der Waals surface area contributed by atoms with Crippen LogP contribution in [0.25, 0.3) is 0 Å². The number of aromatic nitrogens is 2. The van der Waals surface area contributed by atoms with E-state index in [9.17, 15) is 4.79 Å². The third kappa shape index (κ3) is 2.60. The van der Waals surface area contributed by atoms with Gasteiger partial charge in [0.2, 0.25) is 5.91 Å². The lowest BCUT2D eigenvalue weighted by atomic mass is 10.0. The van der Waals surface area contributed by atoms with E-state index in [1.54, 1.807) is 12.5 Å². The largest absolute Gasteiger partial charge is 0.356 e. The topological polar surface area (TPSA) is 61.4 Å². The van der Waals surface area contributed by atoms with Crippen LogP contribution < -0.4 is 10.2 Å². The summed E-state index contributed by atoms with van der Waals surface area (Å²) in [5.41, 5.74) is 0. The summed E-state index contributed by atoms with van der Waals surface area (Å²) in [5.74, 6) is 1.17.